The lowest BCUT2D eigenvalue weighted by molar-refractivity contribution is -0.384. The molecule has 0 radical (unpaired) electrons. The topological polar surface area (TPSA) is 55.2 Å². The van der Waals surface area contributed by atoms with Crippen molar-refractivity contribution in [1.82, 2.24) is 0 Å². The Morgan fingerprint density at radius 2 is 1.85 bits per heavy atom. The molecule has 0 heterocycles. The van der Waals surface area contributed by atoms with Crippen LogP contribution >= 0.6 is 0 Å². The normalized spacial score (nSPS) is 11.9. The molecular formula is C15H15FN2O2. The minimum atomic E-state index is -0.410. The molecular weight excluding hydrogens is 259 g/mol. The number of hydrogen-bond acceptors (Lipinski definition) is 3. The van der Waals surface area contributed by atoms with E-state index < -0.39 is 4.92 Å². The van der Waals surface area contributed by atoms with Crippen molar-refractivity contribution < 1.29 is 9.31 Å². The molecule has 0 saturated heterocycles. The molecule has 20 heavy (non-hydrogen) atoms. The minimum Gasteiger partial charge on any atom is -0.373 e. The second kappa shape index (κ2) is 5.69. The minimum absolute atomic E-state index is 0.0407. The van der Waals surface area contributed by atoms with E-state index in [-0.39, 0.29) is 17.5 Å². The molecule has 104 valence electrons. The number of anilines is 1. The molecule has 0 saturated carbocycles. The maximum atomic E-state index is 12.9. The number of halogens is 1. The summed E-state index contributed by atoms with van der Waals surface area (Å²) in [6, 6.07) is 10.9. The average Bonchev–Trinajstić information content (AvgIpc) is 2.41. The van der Waals surface area contributed by atoms with Gasteiger partial charge in [-0.15, -0.1) is 0 Å². The summed E-state index contributed by atoms with van der Waals surface area (Å²) in [4.78, 5) is 10.6. The first-order chi connectivity index (χ1) is 9.49. The fourth-order valence-electron chi connectivity index (χ4n) is 2.04. The number of hydrogen-bond donors (Lipinski definition) is 1. The van der Waals surface area contributed by atoms with Crippen LogP contribution in [0.15, 0.2) is 42.5 Å². The highest BCUT2D eigenvalue weighted by Crippen LogP contribution is 2.31. The Bertz CT molecular complexity index is 626. The summed E-state index contributed by atoms with van der Waals surface area (Å²) in [6.45, 7) is 3.69. The zero-order chi connectivity index (χ0) is 14.7. The molecule has 0 aromatic heterocycles. The lowest BCUT2D eigenvalue weighted by atomic mass is 10.1. The largest absolute Gasteiger partial charge is 0.373 e. The first-order valence-corrected chi connectivity index (χ1v) is 6.25. The van der Waals surface area contributed by atoms with Crippen molar-refractivity contribution in [3.8, 4) is 0 Å². The number of rotatable bonds is 4. The Hall–Kier alpha value is -2.43. The van der Waals surface area contributed by atoms with Gasteiger partial charge in [0.05, 0.1) is 4.92 Å². The zero-order valence-electron chi connectivity index (χ0n) is 11.3. The molecule has 1 atom stereocenters. The number of benzene rings is 2. The predicted molar refractivity (Wildman–Crippen MR) is 76.3 cm³/mol. The van der Waals surface area contributed by atoms with E-state index in [0.717, 1.165) is 11.1 Å². The van der Waals surface area contributed by atoms with E-state index in [0.29, 0.717) is 5.69 Å². The standard InChI is InChI=1S/C15H15FN2O2/c1-10-4-3-5-14(18(19)20)15(10)17-11(2)12-6-8-13(16)9-7-12/h3-9,11,17H,1-2H3. The summed E-state index contributed by atoms with van der Waals surface area (Å²) in [7, 11) is 0. The van der Waals surface area contributed by atoms with Crippen molar-refractivity contribution in [2.75, 3.05) is 5.32 Å². The molecule has 0 aliphatic carbocycles. The number of aryl methyl sites for hydroxylation is 1. The molecule has 1 unspecified atom stereocenters. The smallest absolute Gasteiger partial charge is 0.292 e. The third-order valence-corrected chi connectivity index (χ3v) is 3.18. The van der Waals surface area contributed by atoms with E-state index in [1.165, 1.54) is 18.2 Å². The van der Waals surface area contributed by atoms with Crippen molar-refractivity contribution in [2.45, 2.75) is 19.9 Å². The quantitative estimate of drug-likeness (QED) is 0.671. The summed E-state index contributed by atoms with van der Waals surface area (Å²) in [5, 5.41) is 14.2. The maximum Gasteiger partial charge on any atom is 0.292 e. The Morgan fingerprint density at radius 1 is 1.20 bits per heavy atom. The van der Waals surface area contributed by atoms with Crippen molar-refractivity contribution in [3.05, 3.63) is 69.5 Å². The lowest BCUT2D eigenvalue weighted by Crippen LogP contribution is -2.09. The van der Waals surface area contributed by atoms with Crippen molar-refractivity contribution in [3.63, 3.8) is 0 Å². The van der Waals surface area contributed by atoms with Crippen LogP contribution in [0, 0.1) is 22.9 Å². The first kappa shape index (κ1) is 14.0. The number of para-hydroxylation sites is 1. The maximum absolute atomic E-state index is 12.9. The summed E-state index contributed by atoms with van der Waals surface area (Å²) < 4.78 is 12.9. The van der Waals surface area contributed by atoms with Gasteiger partial charge in [-0.25, -0.2) is 4.39 Å². The van der Waals surface area contributed by atoms with Gasteiger partial charge in [-0.05, 0) is 37.1 Å². The van der Waals surface area contributed by atoms with Crippen LogP contribution < -0.4 is 5.32 Å². The molecule has 2 aromatic rings. The zero-order valence-corrected chi connectivity index (χ0v) is 11.3. The number of nitrogens with one attached hydrogen (secondary N) is 1. The fraction of sp³-hybridized carbons (Fsp3) is 0.200. The Kier molecular flexibility index (Phi) is 3.98. The first-order valence-electron chi connectivity index (χ1n) is 6.25. The van der Waals surface area contributed by atoms with Crippen LogP contribution in [0.2, 0.25) is 0 Å². The summed E-state index contributed by atoms with van der Waals surface area (Å²) in [5.41, 5.74) is 2.20. The van der Waals surface area contributed by atoms with Crippen LogP contribution in [0.3, 0.4) is 0 Å². The van der Waals surface area contributed by atoms with Gasteiger partial charge in [-0.2, -0.15) is 0 Å². The van der Waals surface area contributed by atoms with E-state index in [1.54, 1.807) is 18.2 Å². The lowest BCUT2D eigenvalue weighted by Gasteiger charge is -2.17. The van der Waals surface area contributed by atoms with Crippen LogP contribution in [0.5, 0.6) is 0 Å². The van der Waals surface area contributed by atoms with Gasteiger partial charge in [-0.1, -0.05) is 24.3 Å². The molecule has 0 bridgehead atoms. The van der Waals surface area contributed by atoms with Crippen molar-refractivity contribution in [1.29, 1.82) is 0 Å². The van der Waals surface area contributed by atoms with Gasteiger partial charge in [0.25, 0.3) is 5.69 Å². The number of nitro groups is 1. The van der Waals surface area contributed by atoms with Crippen LogP contribution in [0.25, 0.3) is 0 Å². The third-order valence-electron chi connectivity index (χ3n) is 3.18. The number of nitro benzene ring substituents is 1. The Morgan fingerprint density at radius 3 is 2.45 bits per heavy atom. The van der Waals surface area contributed by atoms with Crippen molar-refractivity contribution in [2.24, 2.45) is 0 Å². The molecule has 0 spiro atoms. The van der Waals surface area contributed by atoms with E-state index in [9.17, 15) is 14.5 Å². The van der Waals surface area contributed by atoms with Crippen molar-refractivity contribution >= 4 is 11.4 Å². The Labute approximate surface area is 116 Å². The molecule has 0 amide bonds. The van der Waals surface area contributed by atoms with E-state index >= 15 is 0 Å². The molecule has 2 rings (SSSR count). The second-order valence-electron chi connectivity index (χ2n) is 4.64. The van der Waals surface area contributed by atoms with Gasteiger partial charge < -0.3 is 5.32 Å². The van der Waals surface area contributed by atoms with Crippen LogP contribution in [0.4, 0.5) is 15.8 Å². The van der Waals surface area contributed by atoms with E-state index in [2.05, 4.69) is 5.32 Å². The van der Waals surface area contributed by atoms with Crippen LogP contribution in [-0.4, -0.2) is 4.92 Å². The highest BCUT2D eigenvalue weighted by molar-refractivity contribution is 5.66. The highest BCUT2D eigenvalue weighted by atomic mass is 19.1. The highest BCUT2D eigenvalue weighted by Gasteiger charge is 2.17. The Balaban J connectivity index is 2.30. The van der Waals surface area contributed by atoms with Gasteiger partial charge in [0.1, 0.15) is 11.5 Å². The monoisotopic (exact) mass is 274 g/mol. The van der Waals surface area contributed by atoms with E-state index in [1.807, 2.05) is 19.9 Å². The second-order valence-corrected chi connectivity index (χ2v) is 4.64. The van der Waals surface area contributed by atoms with Gasteiger partial charge in [0.15, 0.2) is 0 Å². The van der Waals surface area contributed by atoms with Gasteiger partial charge in [0, 0.05) is 12.1 Å². The van der Waals surface area contributed by atoms with Crippen LogP contribution in [0.1, 0.15) is 24.1 Å². The molecule has 4 nitrogen and oxygen atoms in total. The van der Waals surface area contributed by atoms with Gasteiger partial charge in [-0.3, -0.25) is 10.1 Å². The summed E-state index contributed by atoms with van der Waals surface area (Å²) in [5.74, 6) is -0.303. The average molecular weight is 274 g/mol. The van der Waals surface area contributed by atoms with Gasteiger partial charge in [0.2, 0.25) is 0 Å². The van der Waals surface area contributed by atoms with Crippen LogP contribution in [-0.2, 0) is 0 Å². The van der Waals surface area contributed by atoms with Gasteiger partial charge >= 0.3 is 0 Å². The number of nitrogens with zero attached hydrogens (tertiary/aromatic N) is 1. The molecule has 0 aliphatic rings. The molecule has 2 aromatic carbocycles. The summed E-state index contributed by atoms with van der Waals surface area (Å²) in [6.07, 6.45) is 0. The summed E-state index contributed by atoms with van der Waals surface area (Å²) >= 11 is 0. The third kappa shape index (κ3) is 2.93. The molecule has 5 heteroatoms. The fourth-order valence-corrected chi connectivity index (χ4v) is 2.04. The molecule has 0 fully saturated rings. The SMILES string of the molecule is Cc1cccc([N+](=O)[O-])c1NC(C)c1ccc(F)cc1. The molecule has 1 N–H and O–H groups in total. The predicted octanol–water partition coefficient (Wildman–Crippen LogP) is 4.22. The van der Waals surface area contributed by atoms with E-state index in [4.69, 9.17) is 0 Å². The molecule has 0 aliphatic heterocycles.